The molecule has 0 spiro atoms. The molecule has 8 nitrogen and oxygen atoms in total. The van der Waals surface area contributed by atoms with Crippen molar-refractivity contribution in [3.05, 3.63) is 17.7 Å². The maximum absolute atomic E-state index is 11.2. The molecular weight excluding hydrogens is 298 g/mol. The summed E-state index contributed by atoms with van der Waals surface area (Å²) in [5, 5.41) is 0. The molecule has 1 radical (unpaired) electrons. The van der Waals surface area contributed by atoms with E-state index in [4.69, 9.17) is 19.6 Å². The van der Waals surface area contributed by atoms with Crippen LogP contribution < -0.4 is 10.5 Å². The Hall–Kier alpha value is -1.20. The number of hydrogen-bond acceptors (Lipinski definition) is 5. The van der Waals surface area contributed by atoms with E-state index >= 15 is 0 Å². The molecule has 0 heterocycles. The zero-order chi connectivity index (χ0) is 14.8. The van der Waals surface area contributed by atoms with Crippen molar-refractivity contribution in [2.75, 3.05) is 13.7 Å². The van der Waals surface area contributed by atoms with Crippen LogP contribution >= 0.6 is 0 Å². The molecule has 0 saturated heterocycles. The van der Waals surface area contributed by atoms with Crippen molar-refractivity contribution in [2.45, 2.75) is 16.2 Å². The first-order chi connectivity index (χ1) is 8.61. The van der Waals surface area contributed by atoms with Crippen LogP contribution in [-0.4, -0.2) is 39.6 Å². The highest BCUT2D eigenvalue weighted by Gasteiger charge is 2.24. The third-order valence-corrected chi connectivity index (χ3v) is 4.11. The lowest BCUT2D eigenvalue weighted by atomic mass is 10.1. The Labute approximate surface area is 110 Å². The molecule has 107 valence electrons. The Morgan fingerprint density at radius 3 is 2.00 bits per heavy atom. The lowest BCUT2D eigenvalue weighted by molar-refractivity contribution is 0.396. The van der Waals surface area contributed by atoms with Gasteiger partial charge in [0.15, 0.2) is 0 Å². The summed E-state index contributed by atoms with van der Waals surface area (Å²) < 4.78 is 67.4. The van der Waals surface area contributed by atoms with E-state index in [1.165, 1.54) is 0 Å². The fourth-order valence-corrected chi connectivity index (χ4v) is 3.01. The third-order valence-electron chi connectivity index (χ3n) is 2.30. The molecule has 10 heteroatoms. The van der Waals surface area contributed by atoms with Crippen molar-refractivity contribution in [3.63, 3.8) is 0 Å². The molecule has 0 amide bonds. The van der Waals surface area contributed by atoms with Crippen LogP contribution in [0, 0.1) is 0 Å². The van der Waals surface area contributed by atoms with Crippen LogP contribution in [0.2, 0.25) is 0 Å². The summed E-state index contributed by atoms with van der Waals surface area (Å²) in [6, 6.07) is 1.66. The minimum atomic E-state index is -4.71. The molecule has 0 bridgehead atoms. The molecule has 0 aromatic heterocycles. The van der Waals surface area contributed by atoms with Gasteiger partial charge in [0.1, 0.15) is 10.6 Å². The first-order valence-corrected chi connectivity index (χ1v) is 7.79. The SMILES string of the molecule is COc1cc(CC[NH])c(S(=O)(=O)O)cc1S(=O)(=O)O. The monoisotopic (exact) mass is 310 g/mol. The highest BCUT2D eigenvalue weighted by Crippen LogP contribution is 2.30. The normalized spacial score (nSPS) is 12.4. The van der Waals surface area contributed by atoms with Crippen molar-refractivity contribution in [2.24, 2.45) is 0 Å². The molecule has 0 aliphatic rings. The van der Waals surface area contributed by atoms with Gasteiger partial charge >= 0.3 is 0 Å². The van der Waals surface area contributed by atoms with Gasteiger partial charge in [0.05, 0.1) is 12.0 Å². The number of ether oxygens (including phenoxy) is 1. The summed E-state index contributed by atoms with van der Waals surface area (Å²) in [5.74, 6) is -0.265. The van der Waals surface area contributed by atoms with E-state index in [-0.39, 0.29) is 24.3 Å². The van der Waals surface area contributed by atoms with E-state index in [2.05, 4.69) is 0 Å². The van der Waals surface area contributed by atoms with Gasteiger partial charge < -0.3 is 4.74 Å². The zero-order valence-corrected chi connectivity index (χ0v) is 11.5. The van der Waals surface area contributed by atoms with Crippen molar-refractivity contribution in [1.82, 2.24) is 5.73 Å². The quantitative estimate of drug-likeness (QED) is 0.729. The molecule has 0 aliphatic heterocycles. The lowest BCUT2D eigenvalue weighted by Crippen LogP contribution is -2.10. The highest BCUT2D eigenvalue weighted by atomic mass is 32.2. The summed E-state index contributed by atoms with van der Waals surface area (Å²) in [7, 11) is -8.24. The van der Waals surface area contributed by atoms with Crippen LogP contribution in [0.15, 0.2) is 21.9 Å². The number of methoxy groups -OCH3 is 1. The van der Waals surface area contributed by atoms with E-state index in [9.17, 15) is 16.8 Å². The maximum atomic E-state index is 11.2. The Morgan fingerprint density at radius 2 is 1.63 bits per heavy atom. The van der Waals surface area contributed by atoms with Crippen LogP contribution in [0.4, 0.5) is 0 Å². The fraction of sp³-hybridized carbons (Fsp3) is 0.333. The van der Waals surface area contributed by atoms with E-state index < -0.39 is 30.0 Å². The van der Waals surface area contributed by atoms with Gasteiger partial charge in [-0.3, -0.25) is 14.8 Å². The highest BCUT2D eigenvalue weighted by molar-refractivity contribution is 7.86. The standard InChI is InChI=1S/C9H12NO7S2/c1-17-7-4-6(2-3-10)8(18(11,12)13)5-9(7)19(14,15)16/h4-5,10H,2-3H2,1H3,(H,11,12,13)(H,14,15,16). The molecule has 1 rings (SSSR count). The average Bonchev–Trinajstić information content (AvgIpc) is 2.25. The van der Waals surface area contributed by atoms with Crippen molar-refractivity contribution < 1.29 is 30.7 Å². The zero-order valence-electron chi connectivity index (χ0n) is 9.82. The number of nitrogens with one attached hydrogen (secondary N) is 1. The lowest BCUT2D eigenvalue weighted by Gasteiger charge is -2.12. The summed E-state index contributed by atoms with van der Waals surface area (Å²) >= 11 is 0. The van der Waals surface area contributed by atoms with E-state index in [0.717, 1.165) is 13.2 Å². The predicted molar refractivity (Wildman–Crippen MR) is 64.3 cm³/mol. The van der Waals surface area contributed by atoms with Crippen LogP contribution in [0.25, 0.3) is 0 Å². The summed E-state index contributed by atoms with van der Waals surface area (Å²) in [6.07, 6.45) is -0.0305. The van der Waals surface area contributed by atoms with Gasteiger partial charge in [0.25, 0.3) is 20.2 Å². The molecule has 0 fully saturated rings. The molecule has 0 unspecified atom stereocenters. The molecule has 0 saturated carbocycles. The second kappa shape index (κ2) is 5.43. The minimum Gasteiger partial charge on any atom is -0.495 e. The maximum Gasteiger partial charge on any atom is 0.298 e. The largest absolute Gasteiger partial charge is 0.495 e. The second-order valence-electron chi connectivity index (χ2n) is 3.56. The van der Waals surface area contributed by atoms with Gasteiger partial charge in [-0.1, -0.05) is 0 Å². The summed E-state index contributed by atoms with van der Waals surface area (Å²) in [5.41, 5.74) is 7.09. The molecule has 0 aliphatic carbocycles. The Kier molecular flexibility index (Phi) is 4.53. The molecule has 0 atom stereocenters. The van der Waals surface area contributed by atoms with Gasteiger partial charge in [-0.05, 0) is 24.1 Å². The van der Waals surface area contributed by atoms with Crippen LogP contribution in [-0.2, 0) is 26.7 Å². The van der Waals surface area contributed by atoms with Crippen LogP contribution in [0.5, 0.6) is 5.75 Å². The Morgan fingerprint density at radius 1 is 1.11 bits per heavy atom. The topological polar surface area (TPSA) is 142 Å². The van der Waals surface area contributed by atoms with Gasteiger partial charge in [0.2, 0.25) is 0 Å². The summed E-state index contributed by atoms with van der Waals surface area (Å²) in [4.78, 5) is -1.44. The van der Waals surface area contributed by atoms with Crippen LogP contribution in [0.1, 0.15) is 5.56 Å². The van der Waals surface area contributed by atoms with Gasteiger partial charge in [-0.2, -0.15) is 16.8 Å². The van der Waals surface area contributed by atoms with E-state index in [1.807, 2.05) is 0 Å². The number of rotatable bonds is 5. The molecule has 1 aromatic carbocycles. The van der Waals surface area contributed by atoms with Gasteiger partial charge in [-0.15, -0.1) is 0 Å². The van der Waals surface area contributed by atoms with Crippen molar-refractivity contribution in [1.29, 1.82) is 0 Å². The third kappa shape index (κ3) is 3.64. The Bertz CT molecular complexity index is 679. The van der Waals surface area contributed by atoms with E-state index in [1.54, 1.807) is 0 Å². The molecular formula is C9H12NO7S2. The van der Waals surface area contributed by atoms with E-state index in [0.29, 0.717) is 6.07 Å². The molecule has 19 heavy (non-hydrogen) atoms. The van der Waals surface area contributed by atoms with Gasteiger partial charge in [0, 0.05) is 6.54 Å². The summed E-state index contributed by atoms with van der Waals surface area (Å²) in [6.45, 7) is -0.170. The Balaban J connectivity index is 3.72. The molecule has 1 aromatic rings. The first kappa shape index (κ1) is 15.9. The average molecular weight is 310 g/mol. The fourth-order valence-electron chi connectivity index (χ4n) is 1.51. The van der Waals surface area contributed by atoms with Crippen LogP contribution in [0.3, 0.4) is 0 Å². The smallest absolute Gasteiger partial charge is 0.298 e. The van der Waals surface area contributed by atoms with Gasteiger partial charge in [-0.25, -0.2) is 0 Å². The second-order valence-corrected chi connectivity index (χ2v) is 6.34. The van der Waals surface area contributed by atoms with Crippen molar-refractivity contribution in [3.8, 4) is 5.75 Å². The number of benzene rings is 1. The predicted octanol–water partition coefficient (Wildman–Crippen LogP) is 0.0140. The molecule has 3 N–H and O–H groups in total. The first-order valence-electron chi connectivity index (χ1n) is 4.91. The number of hydrogen-bond donors (Lipinski definition) is 2. The minimum absolute atomic E-state index is 0.0294. The van der Waals surface area contributed by atoms with Crippen molar-refractivity contribution >= 4 is 20.2 Å².